The molecular weight excluding hydrogens is 331 g/mol. The van der Waals surface area contributed by atoms with E-state index >= 15 is 0 Å². The molecule has 0 saturated carbocycles. The molecule has 1 saturated heterocycles. The van der Waals surface area contributed by atoms with Gasteiger partial charge in [0.1, 0.15) is 12.4 Å². The zero-order valence-corrected chi connectivity index (χ0v) is 14.2. The molecule has 2 aromatic rings. The minimum atomic E-state index is -0.513. The third-order valence-electron chi connectivity index (χ3n) is 3.87. The Labute approximate surface area is 143 Å². The number of carbonyl (C=O) groups excluding carboxylic acids is 1. The van der Waals surface area contributed by atoms with E-state index in [0.29, 0.717) is 38.2 Å². The molecule has 0 unspecified atom stereocenters. The fourth-order valence-electron chi connectivity index (χ4n) is 2.57. The van der Waals surface area contributed by atoms with Gasteiger partial charge in [0.2, 0.25) is 5.82 Å². The van der Waals surface area contributed by atoms with E-state index in [9.17, 15) is 9.18 Å². The smallest absolute Gasteiger partial charge is 0.317 e. The van der Waals surface area contributed by atoms with Crippen molar-refractivity contribution in [2.45, 2.75) is 32.4 Å². The predicted molar refractivity (Wildman–Crippen MR) is 88.5 cm³/mol. The van der Waals surface area contributed by atoms with Gasteiger partial charge < -0.3 is 15.0 Å². The number of halogens is 1. The number of rotatable bonds is 5. The first kappa shape index (κ1) is 16.6. The minimum absolute atomic E-state index is 0.0345. The number of amides is 2. The van der Waals surface area contributed by atoms with Crippen molar-refractivity contribution < 1.29 is 13.9 Å². The van der Waals surface area contributed by atoms with Crippen molar-refractivity contribution >= 4 is 17.4 Å². The van der Waals surface area contributed by atoms with Crippen LogP contribution >= 0.6 is 11.3 Å². The summed E-state index contributed by atoms with van der Waals surface area (Å²) in [6.07, 6.45) is 2.17. The van der Waals surface area contributed by atoms with Crippen molar-refractivity contribution in [2.24, 2.45) is 0 Å². The molecule has 1 N–H and O–H groups in total. The first-order valence-corrected chi connectivity index (χ1v) is 8.76. The van der Waals surface area contributed by atoms with Crippen LogP contribution in [-0.2, 0) is 13.0 Å². The van der Waals surface area contributed by atoms with Crippen LogP contribution in [0, 0.1) is 5.82 Å². The molecule has 24 heavy (non-hydrogen) atoms. The molecule has 3 rings (SSSR count). The quantitative estimate of drug-likeness (QED) is 0.900. The fourth-order valence-corrected chi connectivity index (χ4v) is 3.22. The molecule has 3 heterocycles. The van der Waals surface area contributed by atoms with Crippen LogP contribution in [0.2, 0.25) is 0 Å². The Morgan fingerprint density at radius 2 is 2.42 bits per heavy atom. The van der Waals surface area contributed by atoms with Gasteiger partial charge in [-0.05, 0) is 17.9 Å². The van der Waals surface area contributed by atoms with E-state index in [1.54, 1.807) is 16.2 Å². The Hall–Kier alpha value is -2.22. The van der Waals surface area contributed by atoms with Crippen LogP contribution in [0.15, 0.2) is 23.8 Å². The number of nitrogens with zero attached hydrogens (tertiary/aromatic N) is 3. The number of aryl methyl sites for hydroxylation is 1. The number of urea groups is 1. The molecule has 2 amide bonds. The third kappa shape index (κ3) is 3.81. The first-order chi connectivity index (χ1) is 11.7. The lowest BCUT2D eigenvalue weighted by molar-refractivity contribution is 0.177. The fraction of sp³-hybridized carbons (Fsp3) is 0.438. The third-order valence-corrected chi connectivity index (χ3v) is 4.75. The lowest BCUT2D eigenvalue weighted by Crippen LogP contribution is -2.39. The van der Waals surface area contributed by atoms with Gasteiger partial charge in [0.15, 0.2) is 0 Å². The monoisotopic (exact) mass is 350 g/mol. The number of hydrogen-bond acceptors (Lipinski definition) is 5. The molecule has 0 aliphatic carbocycles. The summed E-state index contributed by atoms with van der Waals surface area (Å²) in [4.78, 5) is 22.7. The standard InChI is InChI=1S/C16H19FN4O2S/c1-2-13-14(17)15(20-10-19-13)23-11-5-6-21(9-11)16(22)18-8-12-4-3-7-24-12/h3-4,7,10-11H,2,5-6,8-9H2,1H3,(H,18,22)/t11-/m1/s1. The molecule has 0 radical (unpaired) electrons. The first-order valence-electron chi connectivity index (χ1n) is 7.88. The van der Waals surface area contributed by atoms with Crippen molar-refractivity contribution in [1.29, 1.82) is 0 Å². The van der Waals surface area contributed by atoms with Crippen LogP contribution < -0.4 is 10.1 Å². The van der Waals surface area contributed by atoms with Crippen molar-refractivity contribution in [3.05, 3.63) is 40.2 Å². The number of nitrogens with one attached hydrogen (secondary N) is 1. The number of likely N-dealkylation sites (tertiary alicyclic amines) is 1. The maximum Gasteiger partial charge on any atom is 0.317 e. The zero-order valence-electron chi connectivity index (χ0n) is 13.4. The summed E-state index contributed by atoms with van der Waals surface area (Å²) in [5.41, 5.74) is 0.337. The molecule has 0 bridgehead atoms. The summed E-state index contributed by atoms with van der Waals surface area (Å²) in [6.45, 7) is 3.33. The van der Waals surface area contributed by atoms with E-state index in [-0.39, 0.29) is 18.0 Å². The number of ether oxygens (including phenoxy) is 1. The second-order valence-electron chi connectivity index (χ2n) is 5.51. The zero-order chi connectivity index (χ0) is 16.9. The number of carbonyl (C=O) groups is 1. The lowest BCUT2D eigenvalue weighted by atomic mass is 10.3. The van der Waals surface area contributed by atoms with E-state index in [1.165, 1.54) is 6.33 Å². The number of hydrogen-bond donors (Lipinski definition) is 1. The molecule has 1 fully saturated rings. The van der Waals surface area contributed by atoms with Crippen molar-refractivity contribution in [3.8, 4) is 5.88 Å². The minimum Gasteiger partial charge on any atom is -0.470 e. The maximum atomic E-state index is 14.1. The van der Waals surface area contributed by atoms with Gasteiger partial charge in [-0.1, -0.05) is 13.0 Å². The highest BCUT2D eigenvalue weighted by atomic mass is 32.1. The van der Waals surface area contributed by atoms with Gasteiger partial charge in [-0.15, -0.1) is 11.3 Å². The molecule has 2 aromatic heterocycles. The van der Waals surface area contributed by atoms with Crippen LogP contribution in [0.4, 0.5) is 9.18 Å². The van der Waals surface area contributed by atoms with Crippen LogP contribution in [0.25, 0.3) is 0 Å². The van der Waals surface area contributed by atoms with E-state index in [2.05, 4.69) is 15.3 Å². The van der Waals surface area contributed by atoms with Gasteiger partial charge in [0.05, 0.1) is 18.8 Å². The predicted octanol–water partition coefficient (Wildman–Crippen LogP) is 2.60. The summed E-state index contributed by atoms with van der Waals surface area (Å²) in [7, 11) is 0. The van der Waals surface area contributed by atoms with E-state index in [4.69, 9.17) is 4.74 Å². The van der Waals surface area contributed by atoms with E-state index in [0.717, 1.165) is 4.88 Å². The lowest BCUT2D eigenvalue weighted by Gasteiger charge is -2.17. The van der Waals surface area contributed by atoms with E-state index in [1.807, 2.05) is 24.4 Å². The molecule has 6 nitrogen and oxygen atoms in total. The summed E-state index contributed by atoms with van der Waals surface area (Å²) in [5.74, 6) is -0.548. The molecule has 128 valence electrons. The highest BCUT2D eigenvalue weighted by molar-refractivity contribution is 7.09. The molecule has 1 atom stereocenters. The Morgan fingerprint density at radius 1 is 1.54 bits per heavy atom. The van der Waals surface area contributed by atoms with E-state index < -0.39 is 5.82 Å². The number of aromatic nitrogens is 2. The average molecular weight is 350 g/mol. The van der Waals surface area contributed by atoms with Crippen molar-refractivity contribution in [1.82, 2.24) is 20.2 Å². The SMILES string of the molecule is CCc1ncnc(O[C@@H]2CCN(C(=O)NCc3cccs3)C2)c1F. The topological polar surface area (TPSA) is 67.4 Å². The van der Waals surface area contributed by atoms with Crippen LogP contribution in [-0.4, -0.2) is 40.1 Å². The molecule has 1 aliphatic rings. The molecular formula is C16H19FN4O2S. The van der Waals surface area contributed by atoms with Crippen LogP contribution in [0.3, 0.4) is 0 Å². The summed E-state index contributed by atoms with van der Waals surface area (Å²) >= 11 is 1.60. The Morgan fingerprint density at radius 3 is 3.17 bits per heavy atom. The highest BCUT2D eigenvalue weighted by Gasteiger charge is 2.29. The van der Waals surface area contributed by atoms with Crippen molar-refractivity contribution in [2.75, 3.05) is 13.1 Å². The second-order valence-corrected chi connectivity index (χ2v) is 6.54. The largest absolute Gasteiger partial charge is 0.470 e. The van der Waals surface area contributed by atoms with Gasteiger partial charge in [-0.2, -0.15) is 9.37 Å². The van der Waals surface area contributed by atoms with Gasteiger partial charge in [0.25, 0.3) is 5.88 Å². The summed E-state index contributed by atoms with van der Waals surface area (Å²) in [5, 5.41) is 4.86. The Balaban J connectivity index is 1.52. The molecule has 0 spiro atoms. The molecule has 8 heteroatoms. The van der Waals surface area contributed by atoms with Gasteiger partial charge >= 0.3 is 6.03 Å². The number of thiophene rings is 1. The summed E-state index contributed by atoms with van der Waals surface area (Å²) in [6, 6.07) is 3.79. The van der Waals surface area contributed by atoms with Gasteiger partial charge in [-0.25, -0.2) is 9.78 Å². The Kier molecular flexibility index (Phi) is 5.24. The maximum absolute atomic E-state index is 14.1. The Bertz CT molecular complexity index is 695. The second kappa shape index (κ2) is 7.57. The average Bonchev–Trinajstić information content (AvgIpc) is 3.26. The van der Waals surface area contributed by atoms with Gasteiger partial charge in [0, 0.05) is 17.8 Å². The summed E-state index contributed by atoms with van der Waals surface area (Å²) < 4.78 is 19.8. The van der Waals surface area contributed by atoms with Crippen molar-refractivity contribution in [3.63, 3.8) is 0 Å². The van der Waals surface area contributed by atoms with Gasteiger partial charge in [-0.3, -0.25) is 0 Å². The molecule has 1 aliphatic heterocycles. The van der Waals surface area contributed by atoms with Crippen LogP contribution in [0.5, 0.6) is 5.88 Å². The van der Waals surface area contributed by atoms with Crippen LogP contribution in [0.1, 0.15) is 23.9 Å². The molecule has 0 aromatic carbocycles. The normalized spacial score (nSPS) is 17.1. The highest BCUT2D eigenvalue weighted by Crippen LogP contribution is 2.21.